The smallest absolute Gasteiger partial charge is 0.269 e. The van der Waals surface area contributed by atoms with Crippen molar-refractivity contribution in [3.63, 3.8) is 0 Å². The van der Waals surface area contributed by atoms with Crippen LogP contribution in [0.1, 0.15) is 29.6 Å². The molecule has 1 heterocycles. The van der Waals surface area contributed by atoms with Gasteiger partial charge in [-0.3, -0.25) is 14.6 Å². The van der Waals surface area contributed by atoms with Crippen LogP contribution in [0.2, 0.25) is 0 Å². The van der Waals surface area contributed by atoms with Crippen LogP contribution in [0.4, 0.5) is 15.8 Å². The molecule has 1 aliphatic heterocycles. The molecule has 4 N–H and O–H groups in total. The lowest BCUT2D eigenvalue weighted by Crippen LogP contribution is -2.45. The van der Waals surface area contributed by atoms with Crippen molar-refractivity contribution >= 4 is 23.7 Å². The fraction of sp³-hybridized carbons (Fsp3) is 0.579. The van der Waals surface area contributed by atoms with E-state index in [9.17, 15) is 19.8 Å². The van der Waals surface area contributed by atoms with Gasteiger partial charge in [0.2, 0.25) is 6.41 Å². The number of aliphatic hydroxyl groups excluding tert-OH is 2. The van der Waals surface area contributed by atoms with Crippen molar-refractivity contribution in [2.75, 3.05) is 43.7 Å². The molecule has 0 bridgehead atoms. The summed E-state index contributed by atoms with van der Waals surface area (Å²) in [6.07, 6.45) is 1.80. The van der Waals surface area contributed by atoms with Crippen molar-refractivity contribution in [3.05, 3.63) is 17.4 Å². The van der Waals surface area contributed by atoms with Crippen LogP contribution in [0.15, 0.2) is 6.07 Å². The van der Waals surface area contributed by atoms with Crippen molar-refractivity contribution in [1.29, 1.82) is 0 Å². The summed E-state index contributed by atoms with van der Waals surface area (Å²) in [7, 11) is 2.69. The molecule has 10 heteroatoms. The van der Waals surface area contributed by atoms with E-state index in [1.807, 2.05) is 0 Å². The minimum atomic E-state index is -0.703. The van der Waals surface area contributed by atoms with Crippen molar-refractivity contribution in [2.45, 2.75) is 31.4 Å². The molecule has 0 spiro atoms. The van der Waals surface area contributed by atoms with Gasteiger partial charge in [-0.25, -0.2) is 10.2 Å². The number of hydrazine groups is 1. The van der Waals surface area contributed by atoms with Crippen molar-refractivity contribution in [1.82, 2.24) is 5.01 Å². The molecule has 1 aliphatic carbocycles. The Balaban J connectivity index is 2.17. The number of carbonyl (C=O) groups is 2. The summed E-state index contributed by atoms with van der Waals surface area (Å²) >= 11 is 0. The van der Waals surface area contributed by atoms with E-state index in [2.05, 4.69) is 0 Å². The molecule has 0 aromatic heterocycles. The normalized spacial score (nSPS) is 21.7. The monoisotopic (exact) mass is 410 g/mol. The van der Waals surface area contributed by atoms with Crippen LogP contribution in [-0.2, 0) is 4.79 Å². The van der Waals surface area contributed by atoms with E-state index in [4.69, 9.17) is 10.6 Å². The average molecular weight is 410 g/mol. The van der Waals surface area contributed by atoms with Gasteiger partial charge in [0.25, 0.3) is 5.91 Å². The zero-order chi connectivity index (χ0) is 21.3. The Morgan fingerprint density at radius 1 is 1.45 bits per heavy atom. The van der Waals surface area contributed by atoms with Crippen LogP contribution in [0.25, 0.3) is 0 Å². The molecular formula is C19H27FN4O5. The molecule has 1 saturated carbocycles. The van der Waals surface area contributed by atoms with Gasteiger partial charge in [-0.15, -0.1) is 0 Å². The fourth-order valence-electron chi connectivity index (χ4n) is 3.78. The largest absolute Gasteiger partial charge is 0.492 e. The number of amides is 2. The highest BCUT2D eigenvalue weighted by atomic mass is 19.1. The molecule has 3 rings (SSSR count). The summed E-state index contributed by atoms with van der Waals surface area (Å²) in [5.74, 6) is 3.85. The number of hydrogen-bond acceptors (Lipinski definition) is 7. The van der Waals surface area contributed by atoms with Crippen molar-refractivity contribution in [3.8, 4) is 5.75 Å². The van der Waals surface area contributed by atoms with Gasteiger partial charge >= 0.3 is 0 Å². The van der Waals surface area contributed by atoms with Gasteiger partial charge in [-0.1, -0.05) is 0 Å². The third-order valence-electron chi connectivity index (χ3n) is 5.49. The third kappa shape index (κ3) is 4.00. The lowest BCUT2D eigenvalue weighted by Gasteiger charge is -2.38. The number of rotatable bonds is 7. The Morgan fingerprint density at radius 3 is 2.66 bits per heavy atom. The number of aliphatic hydroxyl groups is 2. The zero-order valence-corrected chi connectivity index (χ0v) is 16.5. The molecule has 1 aromatic rings. The Kier molecular flexibility index (Phi) is 6.25. The predicted octanol–water partition coefficient (Wildman–Crippen LogP) is 0.0847. The summed E-state index contributed by atoms with van der Waals surface area (Å²) in [6.45, 7) is 0.295. The molecule has 1 aromatic carbocycles. The summed E-state index contributed by atoms with van der Waals surface area (Å²) in [4.78, 5) is 27.5. The van der Waals surface area contributed by atoms with E-state index in [1.54, 1.807) is 4.90 Å². The second-order valence-corrected chi connectivity index (χ2v) is 7.54. The maximum Gasteiger partial charge on any atom is 0.269 e. The highest BCUT2D eigenvalue weighted by Crippen LogP contribution is 2.46. The Bertz CT molecular complexity index is 786. The highest BCUT2D eigenvalue weighted by Gasteiger charge is 2.38. The number of methoxy groups -OCH3 is 1. The van der Waals surface area contributed by atoms with E-state index < -0.39 is 23.7 Å². The number of piperidine rings is 1. The van der Waals surface area contributed by atoms with Gasteiger partial charge in [0.05, 0.1) is 25.4 Å². The maximum absolute atomic E-state index is 15.2. The Labute approximate surface area is 168 Å². The van der Waals surface area contributed by atoms with Gasteiger partial charge in [-0.05, 0) is 25.3 Å². The van der Waals surface area contributed by atoms with Crippen LogP contribution in [0.5, 0.6) is 5.75 Å². The second-order valence-electron chi connectivity index (χ2n) is 7.54. The molecule has 2 atom stereocenters. The van der Waals surface area contributed by atoms with Gasteiger partial charge in [0.15, 0.2) is 11.6 Å². The van der Waals surface area contributed by atoms with E-state index in [0.717, 1.165) is 23.9 Å². The van der Waals surface area contributed by atoms with Gasteiger partial charge < -0.3 is 24.7 Å². The SMILES string of the molecule is COc1c(N2CCC(O)C(CO)C2)c(F)cc(C(=O)N(C)N)c1N(C=O)C1CC1. The van der Waals surface area contributed by atoms with E-state index in [-0.39, 0.29) is 41.9 Å². The minimum absolute atomic E-state index is 0.0577. The number of nitrogens with zero attached hydrogens (tertiary/aromatic N) is 3. The first-order chi connectivity index (χ1) is 13.8. The van der Waals surface area contributed by atoms with Gasteiger partial charge in [0.1, 0.15) is 11.4 Å². The third-order valence-corrected chi connectivity index (χ3v) is 5.49. The summed E-state index contributed by atoms with van der Waals surface area (Å²) in [6, 6.07) is 0.972. The molecule has 160 valence electrons. The summed E-state index contributed by atoms with van der Waals surface area (Å²) < 4.78 is 20.8. The molecule has 29 heavy (non-hydrogen) atoms. The maximum atomic E-state index is 15.2. The number of benzene rings is 1. The van der Waals surface area contributed by atoms with E-state index >= 15 is 4.39 Å². The van der Waals surface area contributed by atoms with E-state index in [0.29, 0.717) is 19.4 Å². The van der Waals surface area contributed by atoms with Crippen LogP contribution in [0, 0.1) is 11.7 Å². The molecule has 1 saturated heterocycles. The Hall–Kier alpha value is -2.43. The minimum Gasteiger partial charge on any atom is -0.492 e. The topological polar surface area (TPSA) is 120 Å². The summed E-state index contributed by atoms with van der Waals surface area (Å²) in [5, 5.41) is 20.4. The van der Waals surface area contributed by atoms with Crippen LogP contribution in [0.3, 0.4) is 0 Å². The van der Waals surface area contributed by atoms with Gasteiger partial charge in [-0.2, -0.15) is 0 Å². The molecule has 2 unspecified atom stereocenters. The van der Waals surface area contributed by atoms with Crippen molar-refractivity contribution < 1.29 is 28.9 Å². The quantitative estimate of drug-likeness (QED) is 0.252. The lowest BCUT2D eigenvalue weighted by molar-refractivity contribution is -0.107. The van der Waals surface area contributed by atoms with Crippen LogP contribution in [-0.4, -0.2) is 73.5 Å². The summed E-state index contributed by atoms with van der Waals surface area (Å²) in [5.41, 5.74) is 0.204. The number of nitrogens with two attached hydrogens (primary N) is 1. The number of carbonyl (C=O) groups excluding carboxylic acids is 2. The number of halogens is 1. The molecule has 2 fully saturated rings. The highest BCUT2D eigenvalue weighted by molar-refractivity contribution is 6.05. The van der Waals surface area contributed by atoms with Crippen LogP contribution < -0.4 is 20.4 Å². The van der Waals surface area contributed by atoms with Gasteiger partial charge in [0, 0.05) is 32.1 Å². The first kappa shape index (κ1) is 21.3. The molecule has 9 nitrogen and oxygen atoms in total. The standard InChI is InChI=1S/C19H27FN4O5/c1-22(21)19(28)13-7-14(20)17(23-6-5-15(27)11(8-23)9-25)18(29-2)16(13)24(10-26)12-3-4-12/h7,10-12,15,25,27H,3-6,8-9,21H2,1-2H3. The molecule has 2 amide bonds. The zero-order valence-electron chi connectivity index (χ0n) is 16.5. The first-order valence-corrected chi connectivity index (χ1v) is 9.54. The second kappa shape index (κ2) is 8.52. The average Bonchev–Trinajstić information content (AvgIpc) is 3.54. The fourth-order valence-corrected chi connectivity index (χ4v) is 3.78. The molecular weight excluding hydrogens is 383 g/mol. The number of ether oxygens (including phenoxy) is 1. The predicted molar refractivity (Wildman–Crippen MR) is 104 cm³/mol. The number of anilines is 2. The molecule has 0 radical (unpaired) electrons. The van der Waals surface area contributed by atoms with E-state index in [1.165, 1.54) is 19.1 Å². The van der Waals surface area contributed by atoms with Crippen LogP contribution >= 0.6 is 0 Å². The first-order valence-electron chi connectivity index (χ1n) is 9.54. The number of hydrogen-bond donors (Lipinski definition) is 3. The Morgan fingerprint density at radius 2 is 2.14 bits per heavy atom. The van der Waals surface area contributed by atoms with Crippen molar-refractivity contribution in [2.24, 2.45) is 11.8 Å². The lowest BCUT2D eigenvalue weighted by atomic mass is 9.94. The molecule has 2 aliphatic rings.